The van der Waals surface area contributed by atoms with Crippen LogP contribution in [-0.4, -0.2) is 18.5 Å². The first-order valence-corrected chi connectivity index (χ1v) is 8.81. The van der Waals surface area contributed by atoms with Crippen LogP contribution < -0.4 is 5.32 Å². The van der Waals surface area contributed by atoms with Crippen LogP contribution in [0.25, 0.3) is 6.08 Å². The van der Waals surface area contributed by atoms with Gasteiger partial charge >= 0.3 is 5.97 Å². The van der Waals surface area contributed by atoms with Gasteiger partial charge in [0.2, 0.25) is 0 Å². The monoisotopic (exact) mass is 391 g/mol. The molecule has 0 unspecified atom stereocenters. The van der Waals surface area contributed by atoms with Crippen molar-refractivity contribution < 1.29 is 14.3 Å². The van der Waals surface area contributed by atoms with E-state index in [1.165, 1.54) is 11.6 Å². The van der Waals surface area contributed by atoms with E-state index >= 15 is 0 Å². The summed E-state index contributed by atoms with van der Waals surface area (Å²) in [5.74, 6) is -0.690. The van der Waals surface area contributed by atoms with Crippen LogP contribution in [0.15, 0.2) is 48.5 Å². The van der Waals surface area contributed by atoms with Crippen LogP contribution in [0.3, 0.4) is 0 Å². The van der Waals surface area contributed by atoms with Gasteiger partial charge in [0.25, 0.3) is 5.91 Å². The Labute approximate surface area is 162 Å². The zero-order valence-electron chi connectivity index (χ0n) is 14.5. The second-order valence-corrected chi connectivity index (χ2v) is 6.72. The van der Waals surface area contributed by atoms with Gasteiger partial charge in [-0.1, -0.05) is 67.4 Å². The average molecular weight is 392 g/mol. The zero-order valence-corrected chi connectivity index (χ0v) is 16.0. The number of rotatable bonds is 6. The van der Waals surface area contributed by atoms with Crippen LogP contribution in [0.5, 0.6) is 0 Å². The molecule has 0 saturated heterocycles. The van der Waals surface area contributed by atoms with Crippen molar-refractivity contribution in [3.05, 3.63) is 69.7 Å². The standard InChI is InChI=1S/C20H19Cl2NO3/c1-13(2)15-9-6-14(7-10-15)8-11-19(25)26-12-18(24)23-20-16(21)4-3-5-17(20)22/h3-11,13H,12H2,1-2H3,(H,23,24)/b11-8+. The molecule has 0 heterocycles. The third-order valence-corrected chi connectivity index (χ3v) is 4.22. The van der Waals surface area contributed by atoms with E-state index in [4.69, 9.17) is 27.9 Å². The third-order valence-electron chi connectivity index (χ3n) is 3.59. The molecule has 0 radical (unpaired) electrons. The topological polar surface area (TPSA) is 55.4 Å². The lowest BCUT2D eigenvalue weighted by molar-refractivity contribution is -0.142. The Kier molecular flexibility index (Phi) is 7.25. The number of anilines is 1. The maximum absolute atomic E-state index is 11.9. The fourth-order valence-electron chi connectivity index (χ4n) is 2.13. The number of benzene rings is 2. The van der Waals surface area contributed by atoms with Crippen LogP contribution in [0.1, 0.15) is 30.9 Å². The molecule has 0 spiro atoms. The summed E-state index contributed by atoms with van der Waals surface area (Å²) < 4.78 is 4.92. The van der Waals surface area contributed by atoms with E-state index < -0.39 is 18.5 Å². The van der Waals surface area contributed by atoms with Crippen molar-refractivity contribution in [1.82, 2.24) is 0 Å². The molecule has 4 nitrogen and oxygen atoms in total. The molecule has 0 aliphatic heterocycles. The van der Waals surface area contributed by atoms with Gasteiger partial charge in [-0.2, -0.15) is 0 Å². The quantitative estimate of drug-likeness (QED) is 0.535. The third kappa shape index (κ3) is 5.90. The molecular weight excluding hydrogens is 373 g/mol. The fourth-order valence-corrected chi connectivity index (χ4v) is 2.63. The number of hydrogen-bond donors (Lipinski definition) is 1. The van der Waals surface area contributed by atoms with Gasteiger partial charge in [-0.05, 0) is 35.3 Å². The Morgan fingerprint density at radius 3 is 2.27 bits per heavy atom. The second-order valence-electron chi connectivity index (χ2n) is 5.91. The van der Waals surface area contributed by atoms with E-state index in [-0.39, 0.29) is 5.69 Å². The molecule has 0 bridgehead atoms. The number of halogens is 2. The summed E-state index contributed by atoms with van der Waals surface area (Å²) in [6.07, 6.45) is 2.91. The number of ether oxygens (including phenoxy) is 1. The van der Waals surface area contributed by atoms with Crippen molar-refractivity contribution in [3.8, 4) is 0 Å². The molecular formula is C20H19Cl2NO3. The molecule has 6 heteroatoms. The van der Waals surface area contributed by atoms with Crippen molar-refractivity contribution in [2.24, 2.45) is 0 Å². The van der Waals surface area contributed by atoms with Gasteiger partial charge in [0.1, 0.15) is 0 Å². The van der Waals surface area contributed by atoms with E-state index in [0.717, 1.165) is 5.56 Å². The largest absolute Gasteiger partial charge is 0.452 e. The van der Waals surface area contributed by atoms with E-state index in [1.54, 1.807) is 24.3 Å². The molecule has 2 rings (SSSR count). The Morgan fingerprint density at radius 2 is 1.69 bits per heavy atom. The molecule has 2 aromatic rings. The highest BCUT2D eigenvalue weighted by Gasteiger charge is 2.11. The summed E-state index contributed by atoms with van der Waals surface area (Å²) in [5, 5.41) is 3.13. The number of nitrogens with one attached hydrogen (secondary N) is 1. The van der Waals surface area contributed by atoms with Crippen molar-refractivity contribution in [1.29, 1.82) is 0 Å². The molecule has 0 aliphatic rings. The highest BCUT2D eigenvalue weighted by Crippen LogP contribution is 2.29. The zero-order chi connectivity index (χ0) is 19.1. The number of hydrogen-bond acceptors (Lipinski definition) is 3. The van der Waals surface area contributed by atoms with E-state index in [1.807, 2.05) is 24.3 Å². The summed E-state index contributed by atoms with van der Waals surface area (Å²) in [5.41, 5.74) is 2.39. The van der Waals surface area contributed by atoms with Gasteiger partial charge < -0.3 is 10.1 Å². The molecule has 1 amide bonds. The highest BCUT2D eigenvalue weighted by atomic mass is 35.5. The lowest BCUT2D eigenvalue weighted by atomic mass is 10.0. The normalized spacial score (nSPS) is 11.0. The van der Waals surface area contributed by atoms with Crippen LogP contribution >= 0.6 is 23.2 Å². The number of para-hydroxylation sites is 1. The molecule has 2 aromatic carbocycles. The number of carbonyl (C=O) groups is 2. The van der Waals surface area contributed by atoms with Crippen LogP contribution in [-0.2, 0) is 14.3 Å². The Morgan fingerprint density at radius 1 is 1.08 bits per heavy atom. The SMILES string of the molecule is CC(C)c1ccc(/C=C/C(=O)OCC(=O)Nc2c(Cl)cccc2Cl)cc1. The first-order valence-electron chi connectivity index (χ1n) is 8.05. The van der Waals surface area contributed by atoms with Crippen LogP contribution in [0.2, 0.25) is 10.0 Å². The minimum Gasteiger partial charge on any atom is -0.452 e. The van der Waals surface area contributed by atoms with Gasteiger partial charge in [-0.15, -0.1) is 0 Å². The van der Waals surface area contributed by atoms with Crippen molar-refractivity contribution in [2.75, 3.05) is 11.9 Å². The number of carbonyl (C=O) groups excluding carboxylic acids is 2. The highest BCUT2D eigenvalue weighted by molar-refractivity contribution is 6.39. The minimum atomic E-state index is -0.613. The van der Waals surface area contributed by atoms with Crippen molar-refractivity contribution >= 4 is 46.8 Å². The summed E-state index contributed by atoms with van der Waals surface area (Å²) in [7, 11) is 0. The lowest BCUT2D eigenvalue weighted by Crippen LogP contribution is -2.20. The first-order chi connectivity index (χ1) is 12.4. The molecule has 1 N–H and O–H groups in total. The number of amides is 1. The smallest absolute Gasteiger partial charge is 0.331 e. The minimum absolute atomic E-state index is 0.290. The van der Waals surface area contributed by atoms with Crippen LogP contribution in [0.4, 0.5) is 5.69 Å². The molecule has 0 saturated carbocycles. The predicted molar refractivity (Wildman–Crippen MR) is 106 cm³/mol. The van der Waals surface area contributed by atoms with Crippen molar-refractivity contribution in [2.45, 2.75) is 19.8 Å². The predicted octanol–water partition coefficient (Wildman–Crippen LogP) is 5.31. The first kappa shape index (κ1) is 20.0. The van der Waals surface area contributed by atoms with E-state index in [2.05, 4.69) is 19.2 Å². The van der Waals surface area contributed by atoms with Gasteiger partial charge in [0.05, 0.1) is 15.7 Å². The maximum Gasteiger partial charge on any atom is 0.331 e. The lowest BCUT2D eigenvalue weighted by Gasteiger charge is -2.08. The number of esters is 1. The van der Waals surface area contributed by atoms with Gasteiger partial charge in [-0.3, -0.25) is 4.79 Å². The summed E-state index contributed by atoms with van der Waals surface area (Å²) in [6.45, 7) is 3.79. The Balaban J connectivity index is 1.85. The van der Waals surface area contributed by atoms with Gasteiger partial charge in [0, 0.05) is 6.08 Å². The van der Waals surface area contributed by atoms with Crippen LogP contribution in [0, 0.1) is 0 Å². The molecule has 26 heavy (non-hydrogen) atoms. The molecule has 0 fully saturated rings. The second kappa shape index (κ2) is 9.41. The summed E-state index contributed by atoms with van der Waals surface area (Å²) in [4.78, 5) is 23.6. The fraction of sp³-hybridized carbons (Fsp3) is 0.200. The molecule has 136 valence electrons. The Bertz CT molecular complexity index is 794. The van der Waals surface area contributed by atoms with E-state index in [0.29, 0.717) is 16.0 Å². The Hall–Kier alpha value is -2.30. The van der Waals surface area contributed by atoms with Gasteiger partial charge in [0.15, 0.2) is 6.61 Å². The van der Waals surface area contributed by atoms with Crippen molar-refractivity contribution in [3.63, 3.8) is 0 Å². The average Bonchev–Trinajstić information content (AvgIpc) is 2.61. The summed E-state index contributed by atoms with van der Waals surface area (Å²) in [6, 6.07) is 12.7. The van der Waals surface area contributed by atoms with Gasteiger partial charge in [-0.25, -0.2) is 4.79 Å². The molecule has 0 aromatic heterocycles. The molecule has 0 aliphatic carbocycles. The molecule has 0 atom stereocenters. The summed E-state index contributed by atoms with van der Waals surface area (Å²) >= 11 is 11.9. The maximum atomic E-state index is 11.9. The van der Waals surface area contributed by atoms with E-state index in [9.17, 15) is 9.59 Å².